The largest absolute Gasteiger partial charge is 0.444 e. The number of rotatable bonds is 5. The number of nitrogens with zero attached hydrogens (tertiary/aromatic N) is 1. The Balaban J connectivity index is 3.07. The second-order valence-corrected chi connectivity index (χ2v) is 6.85. The van der Waals surface area contributed by atoms with Gasteiger partial charge in [-0.05, 0) is 33.3 Å². The molecule has 0 aliphatic carbocycles. The number of nitro groups is 1. The van der Waals surface area contributed by atoms with Crippen molar-refractivity contribution in [2.75, 3.05) is 13.1 Å². The van der Waals surface area contributed by atoms with Crippen LogP contribution < -0.4 is 11.1 Å². The highest BCUT2D eigenvalue weighted by Crippen LogP contribution is 2.33. The van der Waals surface area contributed by atoms with Gasteiger partial charge in [-0.15, -0.1) is 0 Å². The van der Waals surface area contributed by atoms with Gasteiger partial charge in [-0.2, -0.15) is 0 Å². The van der Waals surface area contributed by atoms with E-state index in [9.17, 15) is 14.9 Å². The number of nitrogens with two attached hydrogens (primary N) is 1. The van der Waals surface area contributed by atoms with Crippen LogP contribution >= 0.6 is 0 Å². The van der Waals surface area contributed by atoms with Gasteiger partial charge < -0.3 is 15.8 Å². The minimum Gasteiger partial charge on any atom is -0.444 e. The summed E-state index contributed by atoms with van der Waals surface area (Å²) in [7, 11) is 0. The zero-order valence-electron chi connectivity index (χ0n) is 14.3. The highest BCUT2D eigenvalue weighted by atomic mass is 16.6. The van der Waals surface area contributed by atoms with E-state index in [2.05, 4.69) is 5.32 Å². The standard InChI is InChI=1S/C16H25N3O4/c1-11-7-6-8-12(19(21)22)13(11)16(5,9-17)10-18-14(20)23-15(2,3)4/h6-8H,9-10,17H2,1-5H3,(H,18,20). The van der Waals surface area contributed by atoms with E-state index in [1.54, 1.807) is 46.8 Å². The van der Waals surface area contributed by atoms with Crippen molar-refractivity contribution in [2.45, 2.75) is 45.6 Å². The molecule has 1 aromatic rings. The van der Waals surface area contributed by atoms with Crippen molar-refractivity contribution in [3.05, 3.63) is 39.4 Å². The molecule has 128 valence electrons. The molecule has 3 N–H and O–H groups in total. The highest BCUT2D eigenvalue weighted by Gasteiger charge is 2.34. The minimum atomic E-state index is -0.773. The van der Waals surface area contributed by atoms with E-state index in [4.69, 9.17) is 10.5 Å². The van der Waals surface area contributed by atoms with Crippen LogP contribution in [0.15, 0.2) is 18.2 Å². The first-order chi connectivity index (χ1) is 10.5. The lowest BCUT2D eigenvalue weighted by molar-refractivity contribution is -0.386. The van der Waals surface area contributed by atoms with Crippen molar-refractivity contribution in [2.24, 2.45) is 5.73 Å². The van der Waals surface area contributed by atoms with Gasteiger partial charge in [-0.3, -0.25) is 10.1 Å². The topological polar surface area (TPSA) is 107 Å². The molecular weight excluding hydrogens is 298 g/mol. The van der Waals surface area contributed by atoms with Gasteiger partial charge in [0.2, 0.25) is 0 Å². The SMILES string of the molecule is Cc1cccc([N+](=O)[O-])c1C(C)(CN)CNC(=O)OC(C)(C)C. The summed E-state index contributed by atoms with van der Waals surface area (Å²) in [6.45, 7) is 9.17. The maximum atomic E-state index is 11.8. The molecule has 0 saturated heterocycles. The summed E-state index contributed by atoms with van der Waals surface area (Å²) in [5.74, 6) is 0. The zero-order valence-corrected chi connectivity index (χ0v) is 14.3. The molecule has 7 heteroatoms. The molecule has 0 aromatic heterocycles. The van der Waals surface area contributed by atoms with Crippen molar-refractivity contribution in [3.8, 4) is 0 Å². The molecule has 1 aromatic carbocycles. The molecule has 0 aliphatic heterocycles. The molecule has 0 spiro atoms. The van der Waals surface area contributed by atoms with Gasteiger partial charge in [0.15, 0.2) is 0 Å². The first-order valence-corrected chi connectivity index (χ1v) is 7.41. The maximum Gasteiger partial charge on any atom is 0.407 e. The number of benzene rings is 1. The van der Waals surface area contributed by atoms with Gasteiger partial charge in [0.25, 0.3) is 5.69 Å². The number of hydrogen-bond acceptors (Lipinski definition) is 5. The lowest BCUT2D eigenvalue weighted by Gasteiger charge is -2.30. The summed E-state index contributed by atoms with van der Waals surface area (Å²) in [5.41, 5.74) is 5.79. The monoisotopic (exact) mass is 323 g/mol. The number of hydrogen-bond donors (Lipinski definition) is 2. The molecule has 1 unspecified atom stereocenters. The molecule has 0 aliphatic rings. The third-order valence-corrected chi connectivity index (χ3v) is 3.52. The lowest BCUT2D eigenvalue weighted by Crippen LogP contribution is -2.45. The summed E-state index contributed by atoms with van der Waals surface area (Å²) in [6.07, 6.45) is -0.576. The molecule has 1 amide bonds. The third kappa shape index (κ3) is 4.92. The predicted molar refractivity (Wildman–Crippen MR) is 88.5 cm³/mol. The fraction of sp³-hybridized carbons (Fsp3) is 0.562. The van der Waals surface area contributed by atoms with Crippen LogP contribution in [0.1, 0.15) is 38.8 Å². The average molecular weight is 323 g/mol. The van der Waals surface area contributed by atoms with Crippen molar-refractivity contribution in [3.63, 3.8) is 0 Å². The molecule has 1 rings (SSSR count). The van der Waals surface area contributed by atoms with Crippen molar-refractivity contribution < 1.29 is 14.5 Å². The molecule has 0 radical (unpaired) electrons. The first-order valence-electron chi connectivity index (χ1n) is 7.41. The highest BCUT2D eigenvalue weighted by molar-refractivity contribution is 5.68. The van der Waals surface area contributed by atoms with Crippen LogP contribution in [0.5, 0.6) is 0 Å². The predicted octanol–water partition coefficient (Wildman–Crippen LogP) is 2.64. The Morgan fingerprint density at radius 1 is 1.35 bits per heavy atom. The number of carbonyl (C=O) groups is 1. The summed E-state index contributed by atoms with van der Waals surface area (Å²) in [5, 5.41) is 14.0. The van der Waals surface area contributed by atoms with E-state index in [-0.39, 0.29) is 18.8 Å². The molecule has 0 saturated carbocycles. The number of alkyl carbamates (subject to hydrolysis) is 1. The van der Waals surface area contributed by atoms with Crippen LogP contribution in [-0.2, 0) is 10.2 Å². The minimum absolute atomic E-state index is 0.00365. The molecule has 0 fully saturated rings. The fourth-order valence-electron chi connectivity index (χ4n) is 2.43. The van der Waals surface area contributed by atoms with Gasteiger partial charge in [0.05, 0.1) is 4.92 Å². The van der Waals surface area contributed by atoms with E-state index in [1.807, 2.05) is 0 Å². The molecule has 0 bridgehead atoms. The smallest absolute Gasteiger partial charge is 0.407 e. The number of carbonyl (C=O) groups excluding carboxylic acids is 1. The Morgan fingerprint density at radius 2 is 1.96 bits per heavy atom. The Kier molecular flexibility index (Phi) is 5.71. The van der Waals surface area contributed by atoms with E-state index in [0.29, 0.717) is 5.56 Å². The molecular formula is C16H25N3O4. The van der Waals surface area contributed by atoms with E-state index < -0.39 is 22.0 Å². The lowest BCUT2D eigenvalue weighted by atomic mass is 9.79. The quantitative estimate of drug-likeness (QED) is 0.640. The van der Waals surface area contributed by atoms with Crippen LogP contribution in [-0.4, -0.2) is 29.7 Å². The fourth-order valence-corrected chi connectivity index (χ4v) is 2.43. The van der Waals surface area contributed by atoms with Gasteiger partial charge in [-0.25, -0.2) is 4.79 Å². The average Bonchev–Trinajstić information content (AvgIpc) is 2.42. The molecule has 23 heavy (non-hydrogen) atoms. The molecule has 0 heterocycles. The summed E-state index contributed by atoms with van der Waals surface area (Å²) >= 11 is 0. The zero-order chi connectivity index (χ0) is 17.8. The molecule has 7 nitrogen and oxygen atoms in total. The number of ether oxygens (including phenoxy) is 1. The third-order valence-electron chi connectivity index (χ3n) is 3.52. The van der Waals surface area contributed by atoms with Crippen molar-refractivity contribution >= 4 is 11.8 Å². The second kappa shape index (κ2) is 6.95. The van der Waals surface area contributed by atoms with E-state index >= 15 is 0 Å². The Morgan fingerprint density at radius 3 is 2.43 bits per heavy atom. The number of aryl methyl sites for hydroxylation is 1. The number of nitrogens with one attached hydrogen (secondary N) is 1. The van der Waals surface area contributed by atoms with E-state index in [1.165, 1.54) is 6.07 Å². The van der Waals surface area contributed by atoms with Crippen LogP contribution in [0.25, 0.3) is 0 Å². The second-order valence-electron chi connectivity index (χ2n) is 6.85. The number of nitro benzene ring substituents is 1. The van der Waals surface area contributed by atoms with E-state index in [0.717, 1.165) is 5.56 Å². The van der Waals surface area contributed by atoms with Crippen LogP contribution in [0.3, 0.4) is 0 Å². The maximum absolute atomic E-state index is 11.8. The van der Waals surface area contributed by atoms with Crippen molar-refractivity contribution in [1.29, 1.82) is 0 Å². The van der Waals surface area contributed by atoms with Gasteiger partial charge >= 0.3 is 6.09 Å². The normalized spacial score (nSPS) is 14.0. The summed E-state index contributed by atoms with van der Waals surface area (Å²) in [4.78, 5) is 22.7. The Labute approximate surface area is 136 Å². The first kappa shape index (κ1) is 18.9. The van der Waals surface area contributed by atoms with Crippen LogP contribution in [0.2, 0.25) is 0 Å². The van der Waals surface area contributed by atoms with Gasteiger partial charge in [0, 0.05) is 30.1 Å². The number of amides is 1. The van der Waals surface area contributed by atoms with Gasteiger partial charge in [0.1, 0.15) is 5.60 Å². The van der Waals surface area contributed by atoms with Gasteiger partial charge in [-0.1, -0.05) is 19.1 Å². The molecule has 1 atom stereocenters. The Hall–Kier alpha value is -2.15. The summed E-state index contributed by atoms with van der Waals surface area (Å²) in [6, 6.07) is 4.88. The van der Waals surface area contributed by atoms with Crippen LogP contribution in [0, 0.1) is 17.0 Å². The summed E-state index contributed by atoms with van der Waals surface area (Å²) < 4.78 is 5.20. The van der Waals surface area contributed by atoms with Crippen molar-refractivity contribution in [1.82, 2.24) is 5.32 Å². The van der Waals surface area contributed by atoms with Crippen LogP contribution in [0.4, 0.5) is 10.5 Å². The Bertz CT molecular complexity index is 595.